The first-order valence-corrected chi connectivity index (χ1v) is 12.7. The number of hydrogen-bond donors (Lipinski definition) is 1. The maximum Gasteiger partial charge on any atom is 0.409 e. The van der Waals surface area contributed by atoms with Crippen molar-refractivity contribution in [3.63, 3.8) is 0 Å². The summed E-state index contributed by atoms with van der Waals surface area (Å²) in [5.74, 6) is -1.31. The number of nitrogens with zero attached hydrogens (tertiary/aromatic N) is 2. The van der Waals surface area contributed by atoms with Gasteiger partial charge >= 0.3 is 12.1 Å². The molecule has 2 aliphatic heterocycles. The summed E-state index contributed by atoms with van der Waals surface area (Å²) >= 11 is 0. The van der Waals surface area contributed by atoms with E-state index in [1.807, 2.05) is 24.3 Å². The third-order valence-corrected chi connectivity index (χ3v) is 9.33. The van der Waals surface area contributed by atoms with Crippen molar-refractivity contribution in [2.45, 2.75) is 36.5 Å². The highest BCUT2D eigenvalue weighted by Crippen LogP contribution is 2.44. The largest absolute Gasteiger partial charge is 0.480 e. The minimum atomic E-state index is -3.84. The third kappa shape index (κ3) is 3.79. The van der Waals surface area contributed by atoms with Gasteiger partial charge in [0.05, 0.1) is 0 Å². The molecule has 2 saturated heterocycles. The van der Waals surface area contributed by atoms with Crippen molar-refractivity contribution in [1.29, 1.82) is 0 Å². The number of sulfonamides is 1. The van der Waals surface area contributed by atoms with E-state index < -0.39 is 27.3 Å². The second-order valence-electron chi connectivity index (χ2n) is 8.79. The molecule has 174 valence electrons. The van der Waals surface area contributed by atoms with Gasteiger partial charge in [0.1, 0.15) is 6.61 Å². The molecule has 5 rings (SSSR count). The van der Waals surface area contributed by atoms with Crippen molar-refractivity contribution in [3.05, 3.63) is 59.7 Å². The minimum Gasteiger partial charge on any atom is -0.480 e. The number of carbonyl (C=O) groups is 2. The average Bonchev–Trinajstić information content (AvgIpc) is 3.31. The lowest BCUT2D eigenvalue weighted by Crippen LogP contribution is -2.48. The molecule has 3 aliphatic rings. The van der Waals surface area contributed by atoms with Crippen LogP contribution in [-0.4, -0.2) is 72.3 Å². The summed E-state index contributed by atoms with van der Waals surface area (Å²) in [5, 5.41) is 7.81. The molecule has 0 saturated carbocycles. The molecule has 8 nitrogen and oxygen atoms in total. The van der Waals surface area contributed by atoms with E-state index in [0.717, 1.165) is 11.1 Å². The Hall–Kier alpha value is -2.91. The Morgan fingerprint density at radius 3 is 2.03 bits per heavy atom. The van der Waals surface area contributed by atoms with Gasteiger partial charge in [0.15, 0.2) is 5.25 Å². The Morgan fingerprint density at radius 2 is 1.48 bits per heavy atom. The Labute approximate surface area is 192 Å². The summed E-state index contributed by atoms with van der Waals surface area (Å²) in [6.07, 6.45) is 0.637. The van der Waals surface area contributed by atoms with Crippen molar-refractivity contribution in [2.75, 3.05) is 26.2 Å². The van der Waals surface area contributed by atoms with Gasteiger partial charge in [0, 0.05) is 31.6 Å². The monoisotopic (exact) mass is 470 g/mol. The van der Waals surface area contributed by atoms with Crippen LogP contribution in [0.25, 0.3) is 11.1 Å². The number of aliphatic carboxylic acids is 1. The molecule has 0 radical (unpaired) electrons. The van der Waals surface area contributed by atoms with Crippen LogP contribution in [0.1, 0.15) is 36.3 Å². The van der Waals surface area contributed by atoms with Gasteiger partial charge in [-0.05, 0) is 41.5 Å². The number of ether oxygens (including phenoxy) is 1. The van der Waals surface area contributed by atoms with Crippen LogP contribution in [0, 0.1) is 0 Å². The molecule has 2 heterocycles. The highest BCUT2D eigenvalue weighted by molar-refractivity contribution is 7.90. The highest BCUT2D eigenvalue weighted by atomic mass is 32.2. The number of hydrogen-bond acceptors (Lipinski definition) is 5. The average molecular weight is 471 g/mol. The standard InChI is InChI=1S/C24H26N2O6S/c27-23(28)22-11-14-26(33(22,30)31)16-9-12-25(13-10-16)24(29)32-15-21-19-7-3-1-5-17(19)18-6-2-4-8-20(18)21/h1-8,16,21-22H,9-15H2,(H,27,28). The number of piperidine rings is 1. The van der Waals surface area contributed by atoms with Crippen molar-refractivity contribution in [3.8, 4) is 11.1 Å². The molecule has 0 aromatic heterocycles. The van der Waals surface area contributed by atoms with Crippen LogP contribution in [0.5, 0.6) is 0 Å². The smallest absolute Gasteiger partial charge is 0.409 e. The molecule has 0 bridgehead atoms. The Morgan fingerprint density at radius 1 is 0.909 bits per heavy atom. The van der Waals surface area contributed by atoms with Crippen molar-refractivity contribution >= 4 is 22.1 Å². The molecule has 1 atom stereocenters. The maximum absolute atomic E-state index is 12.8. The molecule has 2 aromatic carbocycles. The number of likely N-dealkylation sites (tertiary alicyclic amines) is 1. The van der Waals surface area contributed by atoms with Crippen LogP contribution in [0.3, 0.4) is 0 Å². The zero-order valence-electron chi connectivity index (χ0n) is 18.1. The van der Waals surface area contributed by atoms with Gasteiger partial charge in [0.2, 0.25) is 10.0 Å². The second-order valence-corrected chi connectivity index (χ2v) is 10.9. The number of carboxylic acid groups (broad SMARTS) is 1. The second kappa shape index (κ2) is 8.46. The summed E-state index contributed by atoms with van der Waals surface area (Å²) < 4.78 is 32.1. The van der Waals surface area contributed by atoms with Crippen LogP contribution < -0.4 is 0 Å². The topological polar surface area (TPSA) is 104 Å². The van der Waals surface area contributed by atoms with Crippen LogP contribution >= 0.6 is 0 Å². The van der Waals surface area contributed by atoms with E-state index in [1.54, 1.807) is 4.90 Å². The van der Waals surface area contributed by atoms with E-state index >= 15 is 0 Å². The maximum atomic E-state index is 12.8. The molecular weight excluding hydrogens is 444 g/mol. The van der Waals surface area contributed by atoms with E-state index in [9.17, 15) is 23.1 Å². The molecule has 1 unspecified atom stereocenters. The van der Waals surface area contributed by atoms with Gasteiger partial charge in [0.25, 0.3) is 0 Å². The Kier molecular flexibility index (Phi) is 5.62. The number of rotatable bonds is 4. The molecule has 2 aromatic rings. The zero-order valence-corrected chi connectivity index (χ0v) is 18.9. The molecular formula is C24H26N2O6S. The zero-order chi connectivity index (χ0) is 23.2. The Balaban J connectivity index is 1.20. The minimum absolute atomic E-state index is 0.0124. The SMILES string of the molecule is O=C(O)C1CCN(C2CCN(C(=O)OCC3c4ccccc4-c4ccccc43)CC2)S1(=O)=O. The van der Waals surface area contributed by atoms with Crippen LogP contribution in [0.2, 0.25) is 0 Å². The highest BCUT2D eigenvalue weighted by Gasteiger charge is 2.47. The van der Waals surface area contributed by atoms with Crippen LogP contribution in [0.4, 0.5) is 4.79 Å². The summed E-state index contributed by atoms with van der Waals surface area (Å²) in [6, 6.07) is 16.0. The number of amides is 1. The number of benzene rings is 2. The summed E-state index contributed by atoms with van der Waals surface area (Å²) in [7, 11) is -3.84. The molecule has 33 heavy (non-hydrogen) atoms. The molecule has 1 aliphatic carbocycles. The quantitative estimate of drug-likeness (QED) is 0.737. The predicted octanol–water partition coefficient (Wildman–Crippen LogP) is 2.89. The van der Waals surface area contributed by atoms with E-state index in [4.69, 9.17) is 4.74 Å². The van der Waals surface area contributed by atoms with Crippen molar-refractivity contribution in [2.24, 2.45) is 0 Å². The van der Waals surface area contributed by atoms with Gasteiger partial charge in [-0.2, -0.15) is 4.31 Å². The molecule has 0 spiro atoms. The van der Waals surface area contributed by atoms with Gasteiger partial charge in [-0.3, -0.25) is 4.79 Å². The first-order chi connectivity index (χ1) is 15.9. The fourth-order valence-electron chi connectivity index (χ4n) is 5.35. The van der Waals surface area contributed by atoms with Gasteiger partial charge in [-0.1, -0.05) is 48.5 Å². The molecule has 2 fully saturated rings. The number of fused-ring (bicyclic) bond motifs is 3. The molecule has 1 amide bonds. The van der Waals surface area contributed by atoms with E-state index in [-0.39, 0.29) is 31.5 Å². The fourth-order valence-corrected chi connectivity index (χ4v) is 7.32. The normalized spacial score (nSPS) is 22.7. The lowest BCUT2D eigenvalue weighted by atomic mass is 9.98. The van der Waals surface area contributed by atoms with E-state index in [1.165, 1.54) is 15.4 Å². The van der Waals surface area contributed by atoms with Gasteiger partial charge in [-0.25, -0.2) is 13.2 Å². The van der Waals surface area contributed by atoms with Crippen LogP contribution in [0.15, 0.2) is 48.5 Å². The van der Waals surface area contributed by atoms with Gasteiger partial charge < -0.3 is 14.7 Å². The van der Waals surface area contributed by atoms with Crippen molar-refractivity contribution in [1.82, 2.24) is 9.21 Å². The number of carbonyl (C=O) groups excluding carboxylic acids is 1. The summed E-state index contributed by atoms with van der Waals surface area (Å²) in [6.45, 7) is 1.22. The van der Waals surface area contributed by atoms with Crippen LogP contribution in [-0.2, 0) is 19.6 Å². The first-order valence-electron chi connectivity index (χ1n) is 11.2. The van der Waals surface area contributed by atoms with Gasteiger partial charge in [-0.15, -0.1) is 0 Å². The first kappa shape index (κ1) is 21.9. The summed E-state index contributed by atoms with van der Waals surface area (Å²) in [5.41, 5.74) is 4.64. The lowest BCUT2D eigenvalue weighted by molar-refractivity contribution is -0.136. The van der Waals surface area contributed by atoms with E-state index in [0.29, 0.717) is 25.9 Å². The molecule has 1 N–H and O–H groups in total. The lowest BCUT2D eigenvalue weighted by Gasteiger charge is -2.35. The van der Waals surface area contributed by atoms with E-state index in [2.05, 4.69) is 24.3 Å². The molecule has 9 heteroatoms. The number of carboxylic acids is 1. The third-order valence-electron chi connectivity index (χ3n) is 7.04. The summed E-state index contributed by atoms with van der Waals surface area (Å²) in [4.78, 5) is 25.6. The fraction of sp³-hybridized carbons (Fsp3) is 0.417. The Bertz CT molecular complexity index is 1140. The predicted molar refractivity (Wildman–Crippen MR) is 121 cm³/mol. The van der Waals surface area contributed by atoms with Crippen molar-refractivity contribution < 1.29 is 27.9 Å².